The molecule has 1 aromatic heterocycles. The molecular weight excluding hydrogens is 182 g/mol. The topological polar surface area (TPSA) is 37.8 Å². The first-order valence-electron chi connectivity index (χ1n) is 4.56. The monoisotopic (exact) mass is 195 g/mol. The number of anilines is 1. The molecule has 0 bridgehead atoms. The van der Waals surface area contributed by atoms with E-state index >= 15 is 0 Å². The number of nitrogens with zero attached hydrogens (tertiary/aromatic N) is 2. The van der Waals surface area contributed by atoms with Crippen molar-refractivity contribution in [3.8, 4) is 0 Å². The smallest absolute Gasteiger partial charge is 0.144 e. The van der Waals surface area contributed by atoms with Crippen LogP contribution in [-0.4, -0.2) is 27.5 Å². The van der Waals surface area contributed by atoms with Crippen LogP contribution >= 0.6 is 11.8 Å². The Labute approximate surface area is 82.4 Å². The van der Waals surface area contributed by atoms with Crippen molar-refractivity contribution in [2.45, 2.75) is 18.1 Å². The maximum absolute atomic E-state index is 4.16. The van der Waals surface area contributed by atoms with Gasteiger partial charge in [-0.05, 0) is 18.6 Å². The van der Waals surface area contributed by atoms with Gasteiger partial charge in [-0.1, -0.05) is 0 Å². The summed E-state index contributed by atoms with van der Waals surface area (Å²) in [6, 6.07) is 0. The van der Waals surface area contributed by atoms with Crippen LogP contribution in [0.25, 0.3) is 0 Å². The van der Waals surface area contributed by atoms with Gasteiger partial charge in [-0.15, -0.1) is 0 Å². The van der Waals surface area contributed by atoms with Gasteiger partial charge in [0.05, 0.1) is 6.20 Å². The molecule has 0 aromatic carbocycles. The van der Waals surface area contributed by atoms with Crippen molar-refractivity contribution in [1.29, 1.82) is 0 Å². The molecule has 1 N–H and O–H groups in total. The quantitative estimate of drug-likeness (QED) is 0.798. The van der Waals surface area contributed by atoms with Crippen LogP contribution in [0, 0.1) is 0 Å². The molecule has 1 saturated heterocycles. The molecule has 1 unspecified atom stereocenters. The van der Waals surface area contributed by atoms with E-state index in [0.717, 1.165) is 17.6 Å². The highest BCUT2D eigenvalue weighted by Gasteiger charge is 2.14. The van der Waals surface area contributed by atoms with Gasteiger partial charge in [-0.3, -0.25) is 4.98 Å². The van der Waals surface area contributed by atoms with Crippen LogP contribution in [-0.2, 0) is 0 Å². The molecule has 2 heterocycles. The highest BCUT2D eigenvalue weighted by Crippen LogP contribution is 2.25. The Bertz CT molecular complexity index is 246. The fourth-order valence-electron chi connectivity index (χ4n) is 1.41. The largest absolute Gasteiger partial charge is 0.368 e. The Morgan fingerprint density at radius 1 is 1.54 bits per heavy atom. The second-order valence-corrected chi connectivity index (χ2v) is 4.51. The molecule has 1 aromatic rings. The minimum Gasteiger partial charge on any atom is -0.368 e. The summed E-state index contributed by atoms with van der Waals surface area (Å²) in [5, 5.41) is 4.06. The van der Waals surface area contributed by atoms with Gasteiger partial charge < -0.3 is 5.32 Å². The van der Waals surface area contributed by atoms with Crippen molar-refractivity contribution in [2.24, 2.45) is 0 Å². The van der Waals surface area contributed by atoms with E-state index in [1.54, 1.807) is 18.6 Å². The molecule has 3 nitrogen and oxygen atoms in total. The molecule has 0 amide bonds. The van der Waals surface area contributed by atoms with Crippen molar-refractivity contribution in [3.05, 3.63) is 18.6 Å². The van der Waals surface area contributed by atoms with Crippen LogP contribution < -0.4 is 5.32 Å². The van der Waals surface area contributed by atoms with Gasteiger partial charge in [0.2, 0.25) is 0 Å². The van der Waals surface area contributed by atoms with Gasteiger partial charge in [0.25, 0.3) is 0 Å². The van der Waals surface area contributed by atoms with E-state index in [4.69, 9.17) is 0 Å². The van der Waals surface area contributed by atoms with Gasteiger partial charge in [0, 0.05) is 24.2 Å². The highest BCUT2D eigenvalue weighted by molar-refractivity contribution is 8.00. The maximum Gasteiger partial charge on any atom is 0.144 e. The predicted molar refractivity (Wildman–Crippen MR) is 56.0 cm³/mol. The average molecular weight is 195 g/mol. The Balaban J connectivity index is 1.79. The lowest BCUT2D eigenvalue weighted by Crippen LogP contribution is -2.14. The van der Waals surface area contributed by atoms with E-state index in [9.17, 15) is 0 Å². The fourth-order valence-corrected chi connectivity index (χ4v) is 2.62. The van der Waals surface area contributed by atoms with Crippen LogP contribution in [0.1, 0.15) is 12.8 Å². The second kappa shape index (κ2) is 4.46. The maximum atomic E-state index is 4.16. The van der Waals surface area contributed by atoms with Crippen LogP contribution in [0.15, 0.2) is 18.6 Å². The lowest BCUT2D eigenvalue weighted by Gasteiger charge is -2.09. The van der Waals surface area contributed by atoms with Gasteiger partial charge in [-0.2, -0.15) is 11.8 Å². The van der Waals surface area contributed by atoms with Gasteiger partial charge in [0.1, 0.15) is 5.82 Å². The third kappa shape index (κ3) is 2.59. The zero-order valence-corrected chi connectivity index (χ0v) is 8.26. The third-order valence-electron chi connectivity index (χ3n) is 2.10. The molecule has 70 valence electrons. The molecule has 0 aliphatic carbocycles. The summed E-state index contributed by atoms with van der Waals surface area (Å²) in [5.41, 5.74) is 0. The minimum absolute atomic E-state index is 0.766. The predicted octanol–water partition coefficient (Wildman–Crippen LogP) is 1.78. The molecule has 4 heteroatoms. The summed E-state index contributed by atoms with van der Waals surface area (Å²) in [7, 11) is 0. The van der Waals surface area contributed by atoms with E-state index in [0.29, 0.717) is 0 Å². The van der Waals surface area contributed by atoms with Crippen LogP contribution in [0.4, 0.5) is 5.82 Å². The summed E-state index contributed by atoms with van der Waals surface area (Å²) in [5.74, 6) is 2.20. The van der Waals surface area contributed by atoms with E-state index in [2.05, 4.69) is 27.0 Å². The molecule has 1 fully saturated rings. The van der Waals surface area contributed by atoms with E-state index < -0.39 is 0 Å². The molecule has 0 spiro atoms. The number of thioether (sulfide) groups is 1. The van der Waals surface area contributed by atoms with Gasteiger partial charge >= 0.3 is 0 Å². The van der Waals surface area contributed by atoms with Crippen molar-refractivity contribution >= 4 is 17.6 Å². The standard InChI is InChI=1S/C9H13N3S/c1-2-8(13-5-1)6-12-9-7-10-3-4-11-9/h3-4,7-8H,1-2,5-6H2,(H,11,12). The molecule has 1 aliphatic heterocycles. The summed E-state index contributed by atoms with van der Waals surface area (Å²) in [4.78, 5) is 8.15. The van der Waals surface area contributed by atoms with Crippen LogP contribution in [0.3, 0.4) is 0 Å². The van der Waals surface area contributed by atoms with Gasteiger partial charge in [-0.25, -0.2) is 4.98 Å². The number of hydrogen-bond acceptors (Lipinski definition) is 4. The average Bonchev–Trinajstić information content (AvgIpc) is 2.69. The zero-order chi connectivity index (χ0) is 8.93. The zero-order valence-electron chi connectivity index (χ0n) is 7.44. The number of nitrogens with one attached hydrogen (secondary N) is 1. The van der Waals surface area contributed by atoms with Gasteiger partial charge in [0.15, 0.2) is 0 Å². The normalized spacial score (nSPS) is 21.7. The van der Waals surface area contributed by atoms with Crippen molar-refractivity contribution in [2.75, 3.05) is 17.6 Å². The number of hydrogen-bond donors (Lipinski definition) is 1. The third-order valence-corrected chi connectivity index (χ3v) is 3.50. The lowest BCUT2D eigenvalue weighted by molar-refractivity contribution is 0.803. The summed E-state index contributed by atoms with van der Waals surface area (Å²) in [6.45, 7) is 1.02. The highest BCUT2D eigenvalue weighted by atomic mass is 32.2. The van der Waals surface area contributed by atoms with Crippen molar-refractivity contribution < 1.29 is 0 Å². The molecule has 1 atom stereocenters. The second-order valence-electron chi connectivity index (χ2n) is 3.11. The SMILES string of the molecule is c1cnc(NCC2CCCS2)cn1. The number of rotatable bonds is 3. The summed E-state index contributed by atoms with van der Waals surface area (Å²) < 4.78 is 0. The summed E-state index contributed by atoms with van der Waals surface area (Å²) >= 11 is 2.05. The molecular formula is C9H13N3S. The van der Waals surface area contributed by atoms with Crippen LogP contribution in [0.2, 0.25) is 0 Å². The Morgan fingerprint density at radius 3 is 3.23 bits per heavy atom. The fraction of sp³-hybridized carbons (Fsp3) is 0.556. The van der Waals surface area contributed by atoms with E-state index in [1.807, 2.05) is 0 Å². The first kappa shape index (κ1) is 8.81. The first-order chi connectivity index (χ1) is 6.45. The number of aromatic nitrogens is 2. The molecule has 0 radical (unpaired) electrons. The van der Waals surface area contributed by atoms with E-state index in [-0.39, 0.29) is 0 Å². The molecule has 1 aliphatic rings. The van der Waals surface area contributed by atoms with E-state index in [1.165, 1.54) is 18.6 Å². The van der Waals surface area contributed by atoms with Crippen LogP contribution in [0.5, 0.6) is 0 Å². The van der Waals surface area contributed by atoms with Crippen molar-refractivity contribution in [3.63, 3.8) is 0 Å². The molecule has 0 saturated carbocycles. The first-order valence-corrected chi connectivity index (χ1v) is 5.61. The Hall–Kier alpha value is -0.770. The minimum atomic E-state index is 0.766. The Kier molecular flexibility index (Phi) is 3.02. The molecule has 2 rings (SSSR count). The molecule has 13 heavy (non-hydrogen) atoms. The van der Waals surface area contributed by atoms with Crippen molar-refractivity contribution in [1.82, 2.24) is 9.97 Å². The Morgan fingerprint density at radius 2 is 2.54 bits per heavy atom. The summed E-state index contributed by atoms with van der Waals surface area (Å²) in [6.07, 6.45) is 7.86. The lowest BCUT2D eigenvalue weighted by atomic mass is 10.2.